The largest absolute Gasteiger partial charge is 0.479 e. The number of carbonyl (C=O) groups excluding carboxylic acids is 2. The number of carboxylic acids is 1. The molecule has 1 N–H and O–H groups in total. The summed E-state index contributed by atoms with van der Waals surface area (Å²) in [6.07, 6.45) is -1.21. The summed E-state index contributed by atoms with van der Waals surface area (Å²) in [6, 6.07) is 0. The van der Waals surface area contributed by atoms with Crippen molar-refractivity contribution in [2.75, 3.05) is 13.6 Å². The van der Waals surface area contributed by atoms with Gasteiger partial charge in [0.1, 0.15) is 11.3 Å². The SMILES string of the molecule is CN1OC(C(=O)O)Cn2nc3c(c2C1=O)CN(C(=O)OC(C)(C)C)CC3. The Labute approximate surface area is 150 Å². The van der Waals surface area contributed by atoms with Gasteiger partial charge < -0.3 is 14.7 Å². The Balaban J connectivity index is 1.91. The molecule has 1 atom stereocenters. The summed E-state index contributed by atoms with van der Waals surface area (Å²) in [4.78, 5) is 43.0. The number of amides is 2. The minimum Gasteiger partial charge on any atom is -0.479 e. The van der Waals surface area contributed by atoms with E-state index in [0.29, 0.717) is 24.2 Å². The first-order valence-corrected chi connectivity index (χ1v) is 8.31. The van der Waals surface area contributed by atoms with Crippen molar-refractivity contribution >= 4 is 18.0 Å². The van der Waals surface area contributed by atoms with E-state index in [0.717, 1.165) is 5.06 Å². The molecule has 10 heteroatoms. The van der Waals surface area contributed by atoms with Gasteiger partial charge in [0.05, 0.1) is 18.8 Å². The summed E-state index contributed by atoms with van der Waals surface area (Å²) in [7, 11) is 1.36. The van der Waals surface area contributed by atoms with Crippen molar-refractivity contribution in [2.45, 2.75) is 52.0 Å². The molecule has 0 spiro atoms. The van der Waals surface area contributed by atoms with Crippen LogP contribution in [0.5, 0.6) is 0 Å². The lowest BCUT2D eigenvalue weighted by Gasteiger charge is -2.30. The fourth-order valence-corrected chi connectivity index (χ4v) is 2.98. The molecule has 2 amide bonds. The Morgan fingerprint density at radius 3 is 2.65 bits per heavy atom. The fourth-order valence-electron chi connectivity index (χ4n) is 2.98. The number of aliphatic carboxylic acids is 1. The number of hydroxylamine groups is 2. The topological polar surface area (TPSA) is 114 Å². The van der Waals surface area contributed by atoms with Crippen LogP contribution < -0.4 is 0 Å². The standard InChI is InChI=1S/C16H22N4O6/c1-16(2,3)25-15(24)19-6-5-10-9(7-19)12-13(21)18(4)26-11(14(22)23)8-20(12)17-10/h11H,5-8H2,1-4H3,(H,22,23). The predicted octanol–water partition coefficient (Wildman–Crippen LogP) is 0.647. The summed E-state index contributed by atoms with van der Waals surface area (Å²) in [5, 5.41) is 14.5. The van der Waals surface area contributed by atoms with Gasteiger partial charge in [0.15, 0.2) is 0 Å². The van der Waals surface area contributed by atoms with Gasteiger partial charge in [-0.3, -0.25) is 14.3 Å². The first-order chi connectivity index (χ1) is 12.1. The van der Waals surface area contributed by atoms with Crippen LogP contribution >= 0.6 is 0 Å². The van der Waals surface area contributed by atoms with Crippen LogP contribution in [-0.2, 0) is 33.9 Å². The van der Waals surface area contributed by atoms with Crippen LogP contribution in [0, 0.1) is 0 Å². The smallest absolute Gasteiger partial charge is 0.410 e. The Morgan fingerprint density at radius 2 is 2.04 bits per heavy atom. The Morgan fingerprint density at radius 1 is 1.35 bits per heavy atom. The third-order valence-electron chi connectivity index (χ3n) is 4.14. The maximum absolute atomic E-state index is 12.7. The van der Waals surface area contributed by atoms with Crippen molar-refractivity contribution < 1.29 is 29.1 Å². The van der Waals surface area contributed by atoms with Crippen LogP contribution in [0.1, 0.15) is 42.5 Å². The predicted molar refractivity (Wildman–Crippen MR) is 87.2 cm³/mol. The van der Waals surface area contributed by atoms with Crippen molar-refractivity contribution in [1.82, 2.24) is 19.7 Å². The minimum atomic E-state index is -1.21. The fraction of sp³-hybridized carbons (Fsp3) is 0.625. The number of hydrogen-bond acceptors (Lipinski definition) is 6. The zero-order chi connectivity index (χ0) is 19.2. The molecule has 0 radical (unpaired) electrons. The Kier molecular flexibility index (Phi) is 4.39. The van der Waals surface area contributed by atoms with Gasteiger partial charge in [0.25, 0.3) is 5.91 Å². The number of ether oxygens (including phenoxy) is 1. The molecule has 10 nitrogen and oxygen atoms in total. The highest BCUT2D eigenvalue weighted by Gasteiger charge is 2.37. The van der Waals surface area contributed by atoms with Gasteiger partial charge in [-0.1, -0.05) is 0 Å². The number of hydrogen-bond donors (Lipinski definition) is 1. The van der Waals surface area contributed by atoms with Crippen molar-refractivity contribution in [3.63, 3.8) is 0 Å². The first kappa shape index (κ1) is 18.2. The Bertz CT molecular complexity index is 766. The summed E-state index contributed by atoms with van der Waals surface area (Å²) < 4.78 is 6.76. The molecule has 0 saturated heterocycles. The van der Waals surface area contributed by atoms with Gasteiger partial charge in [-0.25, -0.2) is 14.7 Å². The maximum atomic E-state index is 12.7. The average Bonchev–Trinajstić information content (AvgIpc) is 2.82. The number of fused-ring (bicyclic) bond motifs is 3. The molecule has 26 heavy (non-hydrogen) atoms. The molecule has 0 aromatic carbocycles. The molecule has 3 rings (SSSR count). The van der Waals surface area contributed by atoms with E-state index in [1.807, 2.05) is 0 Å². The molecular formula is C16H22N4O6. The molecule has 0 fully saturated rings. The molecular weight excluding hydrogens is 344 g/mol. The highest BCUT2D eigenvalue weighted by atomic mass is 16.7. The summed E-state index contributed by atoms with van der Waals surface area (Å²) in [6.45, 7) is 5.87. The second-order valence-electron chi connectivity index (χ2n) is 7.34. The lowest BCUT2D eigenvalue weighted by molar-refractivity contribution is -0.182. The van der Waals surface area contributed by atoms with E-state index in [2.05, 4.69) is 5.10 Å². The van der Waals surface area contributed by atoms with Crippen LogP contribution in [0.25, 0.3) is 0 Å². The zero-order valence-corrected chi connectivity index (χ0v) is 15.2. The van der Waals surface area contributed by atoms with Gasteiger partial charge in [0.2, 0.25) is 6.10 Å². The van der Waals surface area contributed by atoms with Crippen LogP contribution in [-0.4, -0.2) is 68.1 Å². The lowest BCUT2D eigenvalue weighted by atomic mass is 10.1. The molecule has 0 bridgehead atoms. The Hall–Kier alpha value is -2.62. The van der Waals surface area contributed by atoms with E-state index >= 15 is 0 Å². The van der Waals surface area contributed by atoms with Gasteiger partial charge in [-0.05, 0) is 20.8 Å². The normalized spacial score (nSPS) is 20.3. The molecule has 2 aliphatic heterocycles. The molecule has 2 aliphatic rings. The van der Waals surface area contributed by atoms with Crippen molar-refractivity contribution in [3.05, 3.63) is 17.0 Å². The highest BCUT2D eigenvalue weighted by Crippen LogP contribution is 2.27. The van der Waals surface area contributed by atoms with Gasteiger partial charge >= 0.3 is 12.1 Å². The van der Waals surface area contributed by atoms with E-state index in [1.54, 1.807) is 20.8 Å². The molecule has 142 valence electrons. The third-order valence-corrected chi connectivity index (χ3v) is 4.14. The van der Waals surface area contributed by atoms with Gasteiger partial charge in [-0.15, -0.1) is 0 Å². The monoisotopic (exact) mass is 366 g/mol. The third kappa shape index (κ3) is 3.36. The number of aromatic nitrogens is 2. The van der Waals surface area contributed by atoms with E-state index < -0.39 is 29.7 Å². The first-order valence-electron chi connectivity index (χ1n) is 8.31. The maximum Gasteiger partial charge on any atom is 0.410 e. The molecule has 3 heterocycles. The van der Waals surface area contributed by atoms with Gasteiger partial charge in [0, 0.05) is 25.6 Å². The molecule has 0 saturated carbocycles. The van der Waals surface area contributed by atoms with Crippen molar-refractivity contribution in [1.29, 1.82) is 0 Å². The second-order valence-corrected chi connectivity index (χ2v) is 7.34. The number of nitrogens with zero attached hydrogens (tertiary/aromatic N) is 4. The summed E-state index contributed by atoms with van der Waals surface area (Å²) in [5.74, 6) is -1.67. The highest BCUT2D eigenvalue weighted by molar-refractivity contribution is 5.94. The molecule has 1 aromatic heterocycles. The van der Waals surface area contributed by atoms with E-state index in [9.17, 15) is 19.5 Å². The van der Waals surface area contributed by atoms with E-state index in [1.165, 1.54) is 16.6 Å². The van der Waals surface area contributed by atoms with Crippen LogP contribution in [0.4, 0.5) is 4.79 Å². The van der Waals surface area contributed by atoms with Crippen LogP contribution in [0.15, 0.2) is 0 Å². The van der Waals surface area contributed by atoms with Crippen molar-refractivity contribution in [2.24, 2.45) is 0 Å². The molecule has 1 aromatic rings. The quantitative estimate of drug-likeness (QED) is 0.776. The molecule has 0 aliphatic carbocycles. The van der Waals surface area contributed by atoms with E-state index in [-0.39, 0.29) is 18.8 Å². The summed E-state index contributed by atoms with van der Waals surface area (Å²) >= 11 is 0. The van der Waals surface area contributed by atoms with Gasteiger partial charge in [-0.2, -0.15) is 5.10 Å². The molecule has 1 unspecified atom stereocenters. The van der Waals surface area contributed by atoms with Crippen LogP contribution in [0.3, 0.4) is 0 Å². The number of carboxylic acid groups (broad SMARTS) is 1. The average molecular weight is 366 g/mol. The second kappa shape index (κ2) is 6.27. The minimum absolute atomic E-state index is 0.0832. The van der Waals surface area contributed by atoms with Crippen LogP contribution in [0.2, 0.25) is 0 Å². The lowest BCUT2D eigenvalue weighted by Crippen LogP contribution is -2.40. The van der Waals surface area contributed by atoms with Crippen molar-refractivity contribution in [3.8, 4) is 0 Å². The summed E-state index contributed by atoms with van der Waals surface area (Å²) in [5.41, 5.74) is 0.923. The number of carbonyl (C=O) groups is 3. The number of rotatable bonds is 1. The van der Waals surface area contributed by atoms with E-state index in [4.69, 9.17) is 9.57 Å². The zero-order valence-electron chi connectivity index (χ0n) is 15.2.